The van der Waals surface area contributed by atoms with Gasteiger partial charge in [-0.25, -0.2) is 0 Å². The number of benzene rings is 2. The monoisotopic (exact) mass is 427 g/mol. The summed E-state index contributed by atoms with van der Waals surface area (Å²) in [6, 6.07) is 10.0. The van der Waals surface area contributed by atoms with Crippen LogP contribution in [0.2, 0.25) is 0 Å². The summed E-state index contributed by atoms with van der Waals surface area (Å²) in [5.41, 5.74) is 4.16. The van der Waals surface area contributed by atoms with E-state index in [-0.39, 0.29) is 5.91 Å². The van der Waals surface area contributed by atoms with Crippen LogP contribution < -0.4 is 19.5 Å². The van der Waals surface area contributed by atoms with Crippen molar-refractivity contribution in [1.82, 2.24) is 9.80 Å². The van der Waals surface area contributed by atoms with E-state index in [1.54, 1.807) is 21.3 Å². The lowest BCUT2D eigenvalue weighted by atomic mass is 10.1. The molecule has 0 radical (unpaired) electrons. The van der Waals surface area contributed by atoms with Gasteiger partial charge in [-0.05, 0) is 37.1 Å². The summed E-state index contributed by atoms with van der Waals surface area (Å²) in [7, 11) is 4.88. The first-order chi connectivity index (χ1) is 14.9. The first-order valence-electron chi connectivity index (χ1n) is 10.5. The smallest absolute Gasteiger partial charge is 0.238 e. The molecule has 0 aliphatic carbocycles. The lowest BCUT2D eigenvalue weighted by molar-refractivity contribution is -0.117. The van der Waals surface area contributed by atoms with E-state index in [0.29, 0.717) is 23.8 Å². The van der Waals surface area contributed by atoms with Crippen molar-refractivity contribution in [3.63, 3.8) is 0 Å². The third-order valence-electron chi connectivity index (χ3n) is 5.68. The van der Waals surface area contributed by atoms with Crippen molar-refractivity contribution in [2.75, 3.05) is 59.4 Å². The molecule has 0 bridgehead atoms. The molecule has 31 heavy (non-hydrogen) atoms. The fourth-order valence-electron chi connectivity index (χ4n) is 3.90. The van der Waals surface area contributed by atoms with Crippen LogP contribution in [-0.4, -0.2) is 69.8 Å². The van der Waals surface area contributed by atoms with Crippen LogP contribution in [0.25, 0.3) is 0 Å². The summed E-state index contributed by atoms with van der Waals surface area (Å²) < 4.78 is 16.5. The Kier molecular flexibility index (Phi) is 7.76. The Labute approximate surface area is 184 Å². The molecule has 0 spiro atoms. The molecule has 3 rings (SSSR count). The lowest BCUT2D eigenvalue weighted by Gasteiger charge is -2.34. The minimum Gasteiger partial charge on any atom is -0.493 e. The molecule has 2 aromatic rings. The zero-order valence-corrected chi connectivity index (χ0v) is 19.2. The topological polar surface area (TPSA) is 63.3 Å². The minimum absolute atomic E-state index is 0.0312. The average molecular weight is 428 g/mol. The number of hydrogen-bond acceptors (Lipinski definition) is 6. The number of rotatable bonds is 8. The van der Waals surface area contributed by atoms with Crippen molar-refractivity contribution in [2.24, 2.45) is 0 Å². The molecule has 7 heteroatoms. The number of nitrogens with zero attached hydrogens (tertiary/aromatic N) is 2. The maximum Gasteiger partial charge on any atom is 0.238 e. The second-order valence-corrected chi connectivity index (χ2v) is 7.91. The van der Waals surface area contributed by atoms with Crippen LogP contribution in [0.1, 0.15) is 16.7 Å². The molecule has 168 valence electrons. The van der Waals surface area contributed by atoms with Crippen LogP contribution in [-0.2, 0) is 11.3 Å². The molecule has 1 fully saturated rings. The van der Waals surface area contributed by atoms with Crippen LogP contribution in [0.15, 0.2) is 30.3 Å². The summed E-state index contributed by atoms with van der Waals surface area (Å²) in [5, 5.41) is 3.05. The Balaban J connectivity index is 1.54. The molecular weight excluding hydrogens is 394 g/mol. The summed E-state index contributed by atoms with van der Waals surface area (Å²) in [4.78, 5) is 17.1. The van der Waals surface area contributed by atoms with Gasteiger partial charge in [-0.2, -0.15) is 0 Å². The maximum absolute atomic E-state index is 12.5. The van der Waals surface area contributed by atoms with E-state index in [2.05, 4.69) is 21.2 Å². The molecule has 0 atom stereocenters. The third kappa shape index (κ3) is 5.68. The van der Waals surface area contributed by atoms with Gasteiger partial charge in [0.2, 0.25) is 11.7 Å². The molecule has 1 amide bonds. The van der Waals surface area contributed by atoms with Crippen molar-refractivity contribution in [2.45, 2.75) is 20.4 Å². The average Bonchev–Trinajstić information content (AvgIpc) is 2.77. The second-order valence-electron chi connectivity index (χ2n) is 7.91. The summed E-state index contributed by atoms with van der Waals surface area (Å²) >= 11 is 0. The van der Waals surface area contributed by atoms with Crippen molar-refractivity contribution in [3.05, 3.63) is 47.0 Å². The second kappa shape index (κ2) is 10.5. The fraction of sp³-hybridized carbons (Fsp3) is 0.458. The first-order valence-corrected chi connectivity index (χ1v) is 10.5. The molecular formula is C24H33N3O4. The molecule has 0 saturated carbocycles. The van der Waals surface area contributed by atoms with E-state index in [1.807, 2.05) is 38.1 Å². The van der Waals surface area contributed by atoms with Crippen LogP contribution in [0, 0.1) is 13.8 Å². The fourth-order valence-corrected chi connectivity index (χ4v) is 3.90. The first kappa shape index (κ1) is 22.9. The number of aryl methyl sites for hydroxylation is 2. The minimum atomic E-state index is 0.0312. The van der Waals surface area contributed by atoms with E-state index in [4.69, 9.17) is 14.2 Å². The molecule has 1 saturated heterocycles. The summed E-state index contributed by atoms with van der Waals surface area (Å²) in [5.74, 6) is 2.01. The third-order valence-corrected chi connectivity index (χ3v) is 5.68. The summed E-state index contributed by atoms with van der Waals surface area (Å²) in [6.07, 6.45) is 0. The zero-order valence-electron chi connectivity index (χ0n) is 19.2. The Hall–Kier alpha value is -2.77. The van der Waals surface area contributed by atoms with Crippen molar-refractivity contribution in [1.29, 1.82) is 0 Å². The maximum atomic E-state index is 12.5. The van der Waals surface area contributed by atoms with Gasteiger partial charge in [0.25, 0.3) is 0 Å². The van der Waals surface area contributed by atoms with Gasteiger partial charge in [-0.1, -0.05) is 18.2 Å². The number of methoxy groups -OCH3 is 3. The van der Waals surface area contributed by atoms with E-state index < -0.39 is 0 Å². The van der Waals surface area contributed by atoms with Crippen molar-refractivity contribution < 1.29 is 19.0 Å². The Bertz CT molecular complexity index is 908. The van der Waals surface area contributed by atoms with E-state index >= 15 is 0 Å². The quantitative estimate of drug-likeness (QED) is 0.699. The van der Waals surface area contributed by atoms with Crippen LogP contribution in [0.4, 0.5) is 5.69 Å². The molecule has 1 N–H and O–H groups in total. The number of carbonyl (C=O) groups is 1. The van der Waals surface area contributed by atoms with E-state index in [1.165, 1.54) is 0 Å². The van der Waals surface area contributed by atoms with E-state index in [0.717, 1.165) is 55.1 Å². The zero-order chi connectivity index (χ0) is 22.4. The highest BCUT2D eigenvalue weighted by Crippen LogP contribution is 2.40. The van der Waals surface area contributed by atoms with Gasteiger partial charge in [0.15, 0.2) is 11.5 Å². The summed E-state index contributed by atoms with van der Waals surface area (Å²) in [6.45, 7) is 8.65. The SMILES string of the molecule is COc1ccc(CN2CCN(CC(=O)Nc3cc(C)ccc3C)CC2)c(OC)c1OC. The van der Waals surface area contributed by atoms with Crippen molar-refractivity contribution in [3.8, 4) is 17.2 Å². The molecule has 2 aromatic carbocycles. The highest BCUT2D eigenvalue weighted by molar-refractivity contribution is 5.93. The van der Waals surface area contributed by atoms with Crippen LogP contribution in [0.3, 0.4) is 0 Å². The number of piperazine rings is 1. The number of anilines is 1. The van der Waals surface area contributed by atoms with Crippen LogP contribution in [0.5, 0.6) is 17.2 Å². The van der Waals surface area contributed by atoms with Crippen molar-refractivity contribution >= 4 is 11.6 Å². The standard InChI is InChI=1S/C24H33N3O4/c1-17-6-7-18(2)20(14-17)25-22(28)16-27-12-10-26(11-13-27)15-19-8-9-21(29-3)24(31-5)23(19)30-4/h6-9,14H,10-13,15-16H2,1-5H3,(H,25,28). The number of hydrogen-bond donors (Lipinski definition) is 1. The number of ether oxygens (including phenoxy) is 3. The predicted octanol–water partition coefficient (Wildman–Crippen LogP) is 3.09. The predicted molar refractivity (Wildman–Crippen MR) is 122 cm³/mol. The largest absolute Gasteiger partial charge is 0.493 e. The number of nitrogens with one attached hydrogen (secondary N) is 1. The van der Waals surface area contributed by atoms with Gasteiger partial charge in [0.05, 0.1) is 27.9 Å². The van der Waals surface area contributed by atoms with E-state index in [9.17, 15) is 4.79 Å². The normalized spacial score (nSPS) is 14.9. The van der Waals surface area contributed by atoms with Gasteiger partial charge < -0.3 is 19.5 Å². The molecule has 7 nitrogen and oxygen atoms in total. The molecule has 0 aromatic heterocycles. The van der Waals surface area contributed by atoms with Crippen LogP contribution >= 0.6 is 0 Å². The highest BCUT2D eigenvalue weighted by Gasteiger charge is 2.22. The Morgan fingerprint density at radius 3 is 2.23 bits per heavy atom. The lowest BCUT2D eigenvalue weighted by Crippen LogP contribution is -2.48. The van der Waals surface area contributed by atoms with Gasteiger partial charge in [0.1, 0.15) is 0 Å². The number of carbonyl (C=O) groups excluding carboxylic acids is 1. The van der Waals surface area contributed by atoms with Gasteiger partial charge >= 0.3 is 0 Å². The molecule has 1 aliphatic rings. The molecule has 1 heterocycles. The van der Waals surface area contributed by atoms with Gasteiger partial charge in [-0.15, -0.1) is 0 Å². The Morgan fingerprint density at radius 1 is 0.903 bits per heavy atom. The number of amides is 1. The Morgan fingerprint density at radius 2 is 1.58 bits per heavy atom. The van der Waals surface area contributed by atoms with Gasteiger partial charge in [0, 0.05) is 44.0 Å². The molecule has 0 unspecified atom stereocenters. The highest BCUT2D eigenvalue weighted by atomic mass is 16.5. The van der Waals surface area contributed by atoms with Gasteiger partial charge in [-0.3, -0.25) is 14.6 Å². The molecule has 1 aliphatic heterocycles.